The van der Waals surface area contributed by atoms with Crippen LogP contribution < -0.4 is 9.80 Å². The molecule has 0 radical (unpaired) electrons. The highest BCUT2D eigenvalue weighted by Gasteiger charge is 2.56. The Morgan fingerprint density at radius 1 is 1.26 bits per heavy atom. The van der Waals surface area contributed by atoms with E-state index in [1.165, 1.54) is 41.6 Å². The van der Waals surface area contributed by atoms with E-state index in [0.29, 0.717) is 11.8 Å². The molecule has 2 saturated heterocycles. The largest absolute Gasteiger partial charge is 0.462 e. The van der Waals surface area contributed by atoms with Gasteiger partial charge in [-0.25, -0.2) is 0 Å². The van der Waals surface area contributed by atoms with Gasteiger partial charge < -0.3 is 14.5 Å². The lowest BCUT2D eigenvalue weighted by molar-refractivity contribution is -0.903. The minimum atomic E-state index is 0.0755. The van der Waals surface area contributed by atoms with Crippen molar-refractivity contribution in [1.29, 1.82) is 0 Å². The van der Waals surface area contributed by atoms with Crippen LogP contribution in [0.3, 0.4) is 0 Å². The molecule has 4 heteroatoms. The molecule has 1 aromatic carbocycles. The Kier molecular flexibility index (Phi) is 5.40. The van der Waals surface area contributed by atoms with Gasteiger partial charge in [0.2, 0.25) is 0 Å². The van der Waals surface area contributed by atoms with Crippen molar-refractivity contribution in [2.45, 2.75) is 59.0 Å². The molecular formula is C27H39N2O2+. The highest BCUT2D eigenvalue weighted by Crippen LogP contribution is 2.56. The van der Waals surface area contributed by atoms with E-state index >= 15 is 0 Å². The number of allylic oxidation sites excluding steroid dienone is 1. The van der Waals surface area contributed by atoms with Crippen molar-refractivity contribution in [2.24, 2.45) is 23.2 Å². The first-order valence-electron chi connectivity index (χ1n) is 12.4. The third kappa shape index (κ3) is 3.82. The predicted octanol–water partition coefficient (Wildman–Crippen LogP) is 3.32. The molecule has 2 saturated carbocycles. The van der Waals surface area contributed by atoms with Crippen molar-refractivity contribution in [3.8, 4) is 0 Å². The summed E-state index contributed by atoms with van der Waals surface area (Å²) in [6.07, 6.45) is 5.96. The van der Waals surface area contributed by atoms with Crippen LogP contribution in [0.4, 0.5) is 5.69 Å². The van der Waals surface area contributed by atoms with Crippen molar-refractivity contribution in [1.82, 2.24) is 0 Å². The Morgan fingerprint density at radius 3 is 2.81 bits per heavy atom. The van der Waals surface area contributed by atoms with Crippen LogP contribution in [0.25, 0.3) is 0 Å². The number of hydrogen-bond acceptors (Lipinski definition) is 3. The van der Waals surface area contributed by atoms with Gasteiger partial charge >= 0.3 is 5.97 Å². The zero-order valence-electron chi connectivity index (χ0n) is 19.6. The second kappa shape index (κ2) is 7.95. The summed E-state index contributed by atoms with van der Waals surface area (Å²) in [6.45, 7) is 16.5. The normalized spacial score (nSPS) is 36.2. The Balaban J connectivity index is 1.23. The van der Waals surface area contributed by atoms with Crippen molar-refractivity contribution >= 4 is 11.7 Å². The predicted molar refractivity (Wildman–Crippen MR) is 124 cm³/mol. The molecule has 168 valence electrons. The van der Waals surface area contributed by atoms with Gasteiger partial charge in [-0.3, -0.25) is 4.79 Å². The van der Waals surface area contributed by atoms with Gasteiger partial charge in [-0.1, -0.05) is 31.2 Å². The van der Waals surface area contributed by atoms with Gasteiger partial charge in [-0.15, -0.1) is 0 Å². The number of esters is 1. The van der Waals surface area contributed by atoms with Crippen LogP contribution in [0.2, 0.25) is 0 Å². The Bertz CT molecular complexity index is 872. The first kappa shape index (κ1) is 21.1. The smallest absolute Gasteiger partial charge is 0.315 e. The number of rotatable bonds is 3. The number of hydrogen-bond donors (Lipinski definition) is 1. The Morgan fingerprint density at radius 2 is 2.03 bits per heavy atom. The molecule has 0 unspecified atom stereocenters. The number of aryl methyl sites for hydroxylation is 2. The van der Waals surface area contributed by atoms with Crippen LogP contribution in [-0.2, 0) is 9.53 Å². The minimum absolute atomic E-state index is 0.0755. The van der Waals surface area contributed by atoms with Gasteiger partial charge in [-0.05, 0) is 74.5 Å². The van der Waals surface area contributed by atoms with E-state index in [2.05, 4.69) is 50.4 Å². The van der Waals surface area contributed by atoms with Crippen molar-refractivity contribution in [3.05, 3.63) is 41.5 Å². The number of anilines is 1. The Hall–Kier alpha value is -1.81. The van der Waals surface area contributed by atoms with E-state index < -0.39 is 0 Å². The summed E-state index contributed by atoms with van der Waals surface area (Å²) in [5.74, 6) is 1.12. The minimum Gasteiger partial charge on any atom is -0.462 e. The van der Waals surface area contributed by atoms with E-state index in [1.807, 2.05) is 0 Å². The summed E-state index contributed by atoms with van der Waals surface area (Å²) in [5.41, 5.74) is 5.77. The Labute approximate surface area is 187 Å². The zero-order valence-corrected chi connectivity index (χ0v) is 19.6. The molecule has 5 atom stereocenters. The molecule has 0 spiro atoms. The van der Waals surface area contributed by atoms with E-state index in [4.69, 9.17) is 4.74 Å². The highest BCUT2D eigenvalue weighted by atomic mass is 16.6. The van der Waals surface area contributed by atoms with Crippen LogP contribution in [0.15, 0.2) is 30.4 Å². The molecule has 0 amide bonds. The number of fused-ring (bicyclic) bond motifs is 2. The average Bonchev–Trinajstić information content (AvgIpc) is 3.02. The van der Waals surface area contributed by atoms with E-state index in [-0.39, 0.29) is 23.4 Å². The van der Waals surface area contributed by atoms with Crippen molar-refractivity contribution in [3.63, 3.8) is 0 Å². The summed E-state index contributed by atoms with van der Waals surface area (Å²) < 4.78 is 6.00. The number of piperazine rings is 1. The fourth-order valence-electron chi connectivity index (χ4n) is 7.13. The number of carbonyl (C=O) groups excluding carboxylic acids is 1. The van der Waals surface area contributed by atoms with Gasteiger partial charge in [0, 0.05) is 11.6 Å². The number of carbonyl (C=O) groups is 1. The van der Waals surface area contributed by atoms with Crippen LogP contribution >= 0.6 is 0 Å². The van der Waals surface area contributed by atoms with E-state index in [1.54, 1.807) is 4.90 Å². The molecular weight excluding hydrogens is 384 g/mol. The lowest BCUT2D eigenvalue weighted by atomic mass is 9.55. The third-order valence-electron chi connectivity index (χ3n) is 9.00. The lowest BCUT2D eigenvalue weighted by Crippen LogP contribution is -3.15. The summed E-state index contributed by atoms with van der Waals surface area (Å²) >= 11 is 0. The van der Waals surface area contributed by atoms with E-state index in [9.17, 15) is 4.79 Å². The second-order valence-electron chi connectivity index (χ2n) is 11.1. The summed E-state index contributed by atoms with van der Waals surface area (Å²) in [6, 6.07) is 6.74. The number of ether oxygens (including phenoxy) is 1. The van der Waals surface area contributed by atoms with Gasteiger partial charge in [0.1, 0.15) is 12.0 Å². The maximum absolute atomic E-state index is 12.9. The van der Waals surface area contributed by atoms with Crippen LogP contribution in [0.5, 0.6) is 0 Å². The number of nitrogens with one attached hydrogen (secondary N) is 1. The monoisotopic (exact) mass is 423 g/mol. The van der Waals surface area contributed by atoms with Gasteiger partial charge in [0.05, 0.1) is 32.7 Å². The third-order valence-corrected chi connectivity index (χ3v) is 9.00. The highest BCUT2D eigenvalue weighted by molar-refractivity contribution is 5.75. The first-order valence-corrected chi connectivity index (χ1v) is 12.4. The summed E-state index contributed by atoms with van der Waals surface area (Å²) in [4.78, 5) is 17.0. The number of benzene rings is 1. The molecule has 4 fully saturated rings. The SMILES string of the molecule is C=C1CCC[C@@]2(C)C[C@@H]3OC(=O)[C@@H](C[NH+]4CCN(c5cc(C)ccc5C)CC4)[C@H]3C[C@H]12. The zero-order chi connectivity index (χ0) is 21.8. The van der Waals surface area contributed by atoms with E-state index in [0.717, 1.165) is 45.6 Å². The molecule has 2 aliphatic heterocycles. The number of nitrogens with zero attached hydrogens (tertiary/aromatic N) is 1. The molecule has 2 aliphatic carbocycles. The molecule has 1 aromatic rings. The quantitative estimate of drug-likeness (QED) is 0.598. The maximum Gasteiger partial charge on any atom is 0.315 e. The lowest BCUT2D eigenvalue weighted by Gasteiger charge is -2.50. The first-order chi connectivity index (χ1) is 14.8. The maximum atomic E-state index is 12.9. The van der Waals surface area contributed by atoms with Crippen molar-refractivity contribution in [2.75, 3.05) is 37.6 Å². The standard InChI is InChI=1S/C27H38N2O2/c1-18-7-8-20(3)24(14-18)29-12-10-28(11-13-29)17-22-21-15-23-19(2)6-5-9-27(23,4)16-25(21)31-26(22)30/h7-8,14,21-23,25H,2,5-6,9-13,15-17H2,1,3-4H3/p+1/t21-,22+,23-,25+,27+/m1/s1. The van der Waals surface area contributed by atoms with Gasteiger partial charge in [-0.2, -0.15) is 0 Å². The topological polar surface area (TPSA) is 34.0 Å². The molecule has 4 nitrogen and oxygen atoms in total. The fraction of sp³-hybridized carbons (Fsp3) is 0.667. The van der Waals surface area contributed by atoms with Gasteiger partial charge in [0.25, 0.3) is 0 Å². The molecule has 0 aromatic heterocycles. The molecule has 31 heavy (non-hydrogen) atoms. The fourth-order valence-corrected chi connectivity index (χ4v) is 7.13. The molecule has 2 heterocycles. The number of quaternary nitrogens is 1. The van der Waals surface area contributed by atoms with Crippen LogP contribution in [0.1, 0.15) is 50.2 Å². The van der Waals surface area contributed by atoms with Gasteiger partial charge in [0.15, 0.2) is 0 Å². The summed E-state index contributed by atoms with van der Waals surface area (Å²) in [5, 5.41) is 0. The van der Waals surface area contributed by atoms with Crippen molar-refractivity contribution < 1.29 is 14.4 Å². The molecule has 0 bridgehead atoms. The molecule has 4 aliphatic rings. The average molecular weight is 424 g/mol. The van der Waals surface area contributed by atoms with Crippen LogP contribution in [0, 0.1) is 37.0 Å². The second-order valence-corrected chi connectivity index (χ2v) is 11.1. The molecule has 5 rings (SSSR count). The summed E-state index contributed by atoms with van der Waals surface area (Å²) in [7, 11) is 0. The molecule has 1 N–H and O–H groups in total. The van der Waals surface area contributed by atoms with Crippen LogP contribution in [-0.4, -0.2) is 44.8 Å².